The van der Waals surface area contributed by atoms with Crippen molar-refractivity contribution in [2.45, 2.75) is 25.7 Å². The van der Waals surface area contributed by atoms with Gasteiger partial charge in [0.05, 0.1) is 5.56 Å². The van der Waals surface area contributed by atoms with Gasteiger partial charge < -0.3 is 19.9 Å². The molecule has 10 nitrogen and oxygen atoms in total. The maximum Gasteiger partial charge on any atom is 0.336 e. The molecular weight excluding hydrogens is 514 g/mol. The fourth-order valence-corrected chi connectivity index (χ4v) is 4.28. The van der Waals surface area contributed by atoms with Gasteiger partial charge in [-0.15, -0.1) is 0 Å². The minimum Gasteiger partial charge on any atom is -0.505 e. The molecule has 0 fully saturated rings. The number of azide groups is 1. The Kier molecular flexibility index (Phi) is 8.07. The third-order valence-electron chi connectivity index (χ3n) is 6.16. The van der Waals surface area contributed by atoms with E-state index in [1.165, 1.54) is 18.2 Å². The van der Waals surface area contributed by atoms with Gasteiger partial charge in [0.1, 0.15) is 11.3 Å². The predicted octanol–water partition coefficient (Wildman–Crippen LogP) is 5.85. The van der Waals surface area contributed by atoms with E-state index in [0.29, 0.717) is 19.5 Å². The third-order valence-corrected chi connectivity index (χ3v) is 6.16. The molecule has 39 heavy (non-hydrogen) atoms. The lowest BCUT2D eigenvalue weighted by atomic mass is 9.89. The Morgan fingerprint density at radius 1 is 1.00 bits per heavy atom. The SMILES string of the molecule is [N-]=[N+]=NCCCCCCNC(=O)c1ccc(C(=O)O)c(-c2c3cc(F)c(=O)cc-3oc3cc(O)c(F)cc23)c1. The summed E-state index contributed by atoms with van der Waals surface area (Å²) in [5.41, 5.74) is 7.00. The van der Waals surface area contributed by atoms with Crippen molar-refractivity contribution >= 4 is 22.8 Å². The Labute approximate surface area is 219 Å². The number of phenols is 1. The Morgan fingerprint density at radius 2 is 1.77 bits per heavy atom. The Balaban J connectivity index is 1.77. The summed E-state index contributed by atoms with van der Waals surface area (Å²) < 4.78 is 34.4. The number of hydrogen-bond acceptors (Lipinski definition) is 6. The molecule has 0 radical (unpaired) electrons. The van der Waals surface area contributed by atoms with Gasteiger partial charge in [0.2, 0.25) is 5.43 Å². The zero-order chi connectivity index (χ0) is 28.1. The van der Waals surface area contributed by atoms with Gasteiger partial charge in [0.15, 0.2) is 17.4 Å². The summed E-state index contributed by atoms with van der Waals surface area (Å²) in [7, 11) is 0. The fraction of sp³-hybridized carbons (Fsp3) is 0.222. The molecule has 200 valence electrons. The van der Waals surface area contributed by atoms with Gasteiger partial charge in [-0.05, 0) is 54.3 Å². The molecule has 0 atom stereocenters. The molecule has 1 heterocycles. The van der Waals surface area contributed by atoms with E-state index in [1.54, 1.807) is 0 Å². The van der Waals surface area contributed by atoms with Crippen LogP contribution in [0.5, 0.6) is 5.75 Å². The first-order valence-corrected chi connectivity index (χ1v) is 12.0. The molecule has 1 aliphatic heterocycles. The van der Waals surface area contributed by atoms with Gasteiger partial charge in [-0.3, -0.25) is 9.59 Å². The number of carboxylic acid groups (broad SMARTS) is 1. The molecular formula is C27H22F2N4O6. The first-order chi connectivity index (χ1) is 18.7. The number of phenolic OH excluding ortho intramolecular Hbond substituents is 1. The number of hydrogen-bond donors (Lipinski definition) is 3. The van der Waals surface area contributed by atoms with Crippen molar-refractivity contribution in [1.29, 1.82) is 0 Å². The van der Waals surface area contributed by atoms with Gasteiger partial charge >= 0.3 is 5.97 Å². The van der Waals surface area contributed by atoms with Crippen LogP contribution in [0.4, 0.5) is 8.78 Å². The highest BCUT2D eigenvalue weighted by Gasteiger charge is 2.25. The van der Waals surface area contributed by atoms with Crippen LogP contribution in [0.1, 0.15) is 46.4 Å². The summed E-state index contributed by atoms with van der Waals surface area (Å²) in [5, 5.41) is 26.0. The predicted molar refractivity (Wildman–Crippen MR) is 138 cm³/mol. The average Bonchev–Trinajstić information content (AvgIpc) is 2.90. The average molecular weight is 536 g/mol. The van der Waals surface area contributed by atoms with Crippen molar-refractivity contribution < 1.29 is 33.0 Å². The van der Waals surface area contributed by atoms with Crippen LogP contribution in [0.25, 0.3) is 43.9 Å². The maximum absolute atomic E-state index is 14.4. The Morgan fingerprint density at radius 3 is 2.51 bits per heavy atom. The second kappa shape index (κ2) is 11.6. The van der Waals surface area contributed by atoms with Crippen LogP contribution >= 0.6 is 0 Å². The standard InChI is InChI=1S/C27H22F2N4O6/c28-19-10-17-23(12-21(19)34)39-24-13-22(35)20(29)11-18(24)25(17)16-9-14(5-6-15(16)27(37)38)26(36)31-7-3-1-2-4-8-32-33-30/h5-6,9-13,34H,1-4,7-8H2,(H,31,36)(H,37,38). The van der Waals surface area contributed by atoms with Crippen LogP contribution in [0.3, 0.4) is 0 Å². The van der Waals surface area contributed by atoms with Crippen LogP contribution < -0.4 is 10.7 Å². The lowest BCUT2D eigenvalue weighted by Crippen LogP contribution is -2.24. The van der Waals surface area contributed by atoms with E-state index in [9.17, 15) is 33.4 Å². The van der Waals surface area contributed by atoms with Gasteiger partial charge in [0, 0.05) is 52.2 Å². The largest absolute Gasteiger partial charge is 0.505 e. The zero-order valence-electron chi connectivity index (χ0n) is 20.4. The van der Waals surface area contributed by atoms with Crippen molar-refractivity contribution in [3.63, 3.8) is 0 Å². The number of rotatable bonds is 10. The number of aromatic carboxylic acids is 1. The number of amides is 1. The fourth-order valence-electron chi connectivity index (χ4n) is 4.28. The van der Waals surface area contributed by atoms with Crippen LogP contribution in [-0.4, -0.2) is 35.2 Å². The van der Waals surface area contributed by atoms with Crippen molar-refractivity contribution in [3.8, 4) is 28.2 Å². The smallest absolute Gasteiger partial charge is 0.336 e. The summed E-state index contributed by atoms with van der Waals surface area (Å²) in [6, 6.07) is 7.43. The number of fused-ring (bicyclic) bond motifs is 2. The number of nitrogens with zero attached hydrogens (tertiary/aromatic N) is 3. The van der Waals surface area contributed by atoms with Crippen LogP contribution in [0, 0.1) is 11.6 Å². The van der Waals surface area contributed by atoms with E-state index in [2.05, 4.69) is 15.3 Å². The highest BCUT2D eigenvalue weighted by molar-refractivity contribution is 6.09. The first-order valence-electron chi connectivity index (χ1n) is 12.0. The number of carboxylic acids is 1. The normalized spacial score (nSPS) is 10.9. The number of unbranched alkanes of at least 4 members (excludes halogenated alkanes) is 3. The van der Waals surface area contributed by atoms with Crippen molar-refractivity contribution in [2.24, 2.45) is 5.11 Å². The van der Waals surface area contributed by atoms with Crippen LogP contribution in [0.15, 0.2) is 56.8 Å². The summed E-state index contributed by atoms with van der Waals surface area (Å²) in [6.45, 7) is 0.746. The maximum atomic E-state index is 14.4. The summed E-state index contributed by atoms with van der Waals surface area (Å²) in [4.78, 5) is 39.7. The zero-order valence-corrected chi connectivity index (χ0v) is 20.4. The molecule has 12 heteroatoms. The molecule has 0 bridgehead atoms. The highest BCUT2D eigenvalue weighted by Crippen LogP contribution is 2.43. The summed E-state index contributed by atoms with van der Waals surface area (Å²) >= 11 is 0. The van der Waals surface area contributed by atoms with Crippen molar-refractivity contribution in [3.05, 3.63) is 85.9 Å². The molecule has 2 aliphatic rings. The molecule has 0 spiro atoms. The minimum absolute atomic E-state index is 0.00311. The van der Waals surface area contributed by atoms with E-state index in [4.69, 9.17) is 9.95 Å². The molecule has 1 amide bonds. The molecule has 1 aliphatic carbocycles. The van der Waals surface area contributed by atoms with Crippen LogP contribution in [-0.2, 0) is 0 Å². The minimum atomic E-state index is -1.36. The monoisotopic (exact) mass is 536 g/mol. The summed E-state index contributed by atoms with van der Waals surface area (Å²) in [6.07, 6.45) is 3.01. The Bertz CT molecular complexity index is 1660. The van der Waals surface area contributed by atoms with Crippen molar-refractivity contribution in [1.82, 2.24) is 5.32 Å². The van der Waals surface area contributed by atoms with Crippen molar-refractivity contribution in [2.75, 3.05) is 13.1 Å². The molecule has 0 unspecified atom stereocenters. The van der Waals surface area contributed by atoms with Gasteiger partial charge in [-0.25, -0.2) is 13.6 Å². The van der Waals surface area contributed by atoms with E-state index in [0.717, 1.165) is 43.5 Å². The molecule has 0 aromatic heterocycles. The van der Waals surface area contributed by atoms with E-state index < -0.39 is 34.7 Å². The Hall–Kier alpha value is -4.96. The number of carbonyl (C=O) groups excluding carboxylic acids is 1. The van der Waals surface area contributed by atoms with E-state index in [1.807, 2.05) is 0 Å². The number of halogens is 2. The molecule has 4 rings (SSSR count). The van der Waals surface area contributed by atoms with Crippen LogP contribution in [0.2, 0.25) is 0 Å². The summed E-state index contributed by atoms with van der Waals surface area (Å²) in [5.74, 6) is -4.90. The van der Waals surface area contributed by atoms with Gasteiger partial charge in [-0.1, -0.05) is 18.0 Å². The van der Waals surface area contributed by atoms with Gasteiger partial charge in [0.25, 0.3) is 5.91 Å². The molecule has 2 aromatic rings. The number of benzene rings is 3. The number of carbonyl (C=O) groups is 2. The molecule has 0 saturated heterocycles. The lowest BCUT2D eigenvalue weighted by Gasteiger charge is -2.18. The lowest BCUT2D eigenvalue weighted by molar-refractivity contribution is 0.0697. The first kappa shape index (κ1) is 27.1. The van der Waals surface area contributed by atoms with E-state index >= 15 is 0 Å². The third kappa shape index (κ3) is 5.81. The molecule has 2 aromatic carbocycles. The second-order valence-electron chi connectivity index (χ2n) is 8.75. The highest BCUT2D eigenvalue weighted by atomic mass is 19.1. The molecule has 0 saturated carbocycles. The molecule has 3 N–H and O–H groups in total. The van der Waals surface area contributed by atoms with E-state index in [-0.39, 0.29) is 44.5 Å². The number of aromatic hydroxyl groups is 1. The quantitative estimate of drug-likeness (QED) is 0.0756. The second-order valence-corrected chi connectivity index (χ2v) is 8.75. The number of nitrogens with one attached hydrogen (secondary N) is 1. The van der Waals surface area contributed by atoms with Gasteiger partial charge in [-0.2, -0.15) is 0 Å². The topological polar surface area (TPSA) is 166 Å².